The van der Waals surface area contributed by atoms with E-state index < -0.39 is 6.08 Å². The molecule has 40 heavy (non-hydrogen) atoms. The number of piperazine rings is 1. The first-order valence-electron chi connectivity index (χ1n) is 12.9. The number of aromatic nitrogens is 7. The number of rotatable bonds is 7. The summed E-state index contributed by atoms with van der Waals surface area (Å²) in [6.07, 6.45) is 5.04. The molecule has 4 aromatic heterocycles. The summed E-state index contributed by atoms with van der Waals surface area (Å²) >= 11 is 0. The van der Waals surface area contributed by atoms with Crippen LogP contribution < -0.4 is 15.8 Å². The number of nitrogens with zero attached hydrogens (tertiary/aromatic N) is 9. The Morgan fingerprint density at radius 1 is 0.975 bits per heavy atom. The highest BCUT2D eigenvalue weighted by Crippen LogP contribution is 2.23. The summed E-state index contributed by atoms with van der Waals surface area (Å²) in [4.78, 5) is 39.0. The summed E-state index contributed by atoms with van der Waals surface area (Å²) in [5, 5.41) is 3.59. The number of halogens is 1. The van der Waals surface area contributed by atoms with Crippen molar-refractivity contribution in [1.29, 1.82) is 0 Å². The minimum absolute atomic E-state index is 0.233. The first-order chi connectivity index (χ1) is 19.5. The lowest BCUT2D eigenvalue weighted by Crippen LogP contribution is -2.44. The molecular weight excluding hydrogens is 511 g/mol. The average Bonchev–Trinajstić information content (AvgIpc) is 3.25. The zero-order chi connectivity index (χ0) is 27.6. The average molecular weight is 539 g/mol. The van der Waals surface area contributed by atoms with E-state index in [9.17, 15) is 9.18 Å². The summed E-state index contributed by atoms with van der Waals surface area (Å²) in [6, 6.07) is 13.5. The standard InChI is InChI=1S/C28H27FN10O/c1-3-11-38-26(40)22-18-32-28(33-20-7-9-21(10-8-20)37-14-12-36(2)13-15-37)35-25(22)39(38)24-6-4-5-23(34-24)19-16-30-27(29)31-17-19/h3-10,16-18H,1,11-15H2,2H3,(H,32,33,35). The van der Waals surface area contributed by atoms with Crippen LogP contribution in [0.4, 0.5) is 21.7 Å². The molecule has 6 rings (SSSR count). The van der Waals surface area contributed by atoms with E-state index in [1.54, 1.807) is 29.0 Å². The number of hydrogen-bond donors (Lipinski definition) is 1. The lowest BCUT2D eigenvalue weighted by molar-refractivity contribution is 0.313. The summed E-state index contributed by atoms with van der Waals surface area (Å²) in [6.45, 7) is 8.09. The van der Waals surface area contributed by atoms with Gasteiger partial charge in [-0.2, -0.15) is 9.37 Å². The Morgan fingerprint density at radius 2 is 1.73 bits per heavy atom. The van der Waals surface area contributed by atoms with Crippen molar-refractivity contribution < 1.29 is 4.39 Å². The minimum atomic E-state index is -0.818. The molecule has 1 saturated heterocycles. The van der Waals surface area contributed by atoms with Crippen LogP contribution in [0.5, 0.6) is 0 Å². The van der Waals surface area contributed by atoms with Crippen LogP contribution >= 0.6 is 0 Å². The topological polar surface area (TPSA) is 110 Å². The highest BCUT2D eigenvalue weighted by atomic mass is 19.1. The van der Waals surface area contributed by atoms with Gasteiger partial charge in [0, 0.05) is 61.7 Å². The molecule has 1 aromatic carbocycles. The van der Waals surface area contributed by atoms with Gasteiger partial charge in [-0.1, -0.05) is 12.1 Å². The third-order valence-electron chi connectivity index (χ3n) is 6.84. The predicted molar refractivity (Wildman–Crippen MR) is 152 cm³/mol. The van der Waals surface area contributed by atoms with Crippen LogP contribution in [-0.4, -0.2) is 72.4 Å². The highest BCUT2D eigenvalue weighted by molar-refractivity contribution is 5.77. The summed E-state index contributed by atoms with van der Waals surface area (Å²) in [5.74, 6) is 0.782. The number of hydrogen-bond acceptors (Lipinski definition) is 9. The third-order valence-corrected chi connectivity index (χ3v) is 6.84. The molecule has 1 aliphatic heterocycles. The molecule has 0 unspecified atom stereocenters. The molecule has 0 spiro atoms. The normalized spacial score (nSPS) is 14.0. The Kier molecular flexibility index (Phi) is 6.74. The number of likely N-dealkylation sites (N-methyl/N-ethyl adjacent to an activating group) is 1. The molecule has 1 fully saturated rings. The number of allylic oxidation sites excluding steroid dienone is 1. The molecule has 0 atom stereocenters. The Balaban J connectivity index is 1.35. The fourth-order valence-corrected chi connectivity index (χ4v) is 4.70. The van der Waals surface area contributed by atoms with Gasteiger partial charge >= 0.3 is 6.08 Å². The minimum Gasteiger partial charge on any atom is -0.369 e. The smallest absolute Gasteiger partial charge is 0.308 e. The van der Waals surface area contributed by atoms with Crippen molar-refractivity contribution in [2.75, 3.05) is 43.4 Å². The van der Waals surface area contributed by atoms with Crippen LogP contribution in [0.3, 0.4) is 0 Å². The van der Waals surface area contributed by atoms with E-state index in [2.05, 4.69) is 55.8 Å². The quantitative estimate of drug-likeness (QED) is 0.247. The van der Waals surface area contributed by atoms with Crippen molar-refractivity contribution in [3.8, 4) is 17.1 Å². The lowest BCUT2D eigenvalue weighted by atomic mass is 10.2. The Morgan fingerprint density at radius 3 is 2.45 bits per heavy atom. The van der Waals surface area contributed by atoms with Gasteiger partial charge in [-0.05, 0) is 43.4 Å². The van der Waals surface area contributed by atoms with E-state index in [1.807, 2.05) is 12.1 Å². The molecular formula is C28H27FN10O. The van der Waals surface area contributed by atoms with Crippen molar-refractivity contribution in [3.05, 3.63) is 90.1 Å². The maximum atomic E-state index is 13.3. The second-order valence-electron chi connectivity index (χ2n) is 9.50. The van der Waals surface area contributed by atoms with Gasteiger partial charge in [-0.15, -0.1) is 6.58 Å². The van der Waals surface area contributed by atoms with E-state index in [4.69, 9.17) is 9.97 Å². The van der Waals surface area contributed by atoms with Crippen LogP contribution in [0.1, 0.15) is 0 Å². The number of nitrogens with one attached hydrogen (secondary N) is 1. The molecule has 5 heterocycles. The first kappa shape index (κ1) is 25.3. The molecule has 5 aromatic rings. The van der Waals surface area contributed by atoms with Crippen LogP contribution in [0.25, 0.3) is 28.1 Å². The third kappa shape index (κ3) is 4.92. The lowest BCUT2D eigenvalue weighted by Gasteiger charge is -2.34. The summed E-state index contributed by atoms with van der Waals surface area (Å²) < 4.78 is 16.4. The van der Waals surface area contributed by atoms with E-state index >= 15 is 0 Å². The Labute approximate surface area is 229 Å². The second kappa shape index (κ2) is 10.7. The number of fused-ring (bicyclic) bond motifs is 1. The zero-order valence-electron chi connectivity index (χ0n) is 21.9. The number of anilines is 3. The summed E-state index contributed by atoms with van der Waals surface area (Å²) in [7, 11) is 2.14. The molecule has 1 N–H and O–H groups in total. The van der Waals surface area contributed by atoms with Gasteiger partial charge in [0.2, 0.25) is 5.95 Å². The Bertz CT molecular complexity index is 1720. The molecule has 1 aliphatic rings. The van der Waals surface area contributed by atoms with Gasteiger partial charge in [-0.25, -0.2) is 29.3 Å². The van der Waals surface area contributed by atoms with Crippen LogP contribution in [-0.2, 0) is 6.54 Å². The monoisotopic (exact) mass is 538 g/mol. The maximum Gasteiger partial charge on any atom is 0.308 e. The molecule has 202 valence electrons. The van der Waals surface area contributed by atoms with Crippen molar-refractivity contribution in [2.45, 2.75) is 6.54 Å². The highest BCUT2D eigenvalue weighted by Gasteiger charge is 2.19. The molecule has 0 radical (unpaired) electrons. The Hall–Kier alpha value is -4.97. The SMILES string of the molecule is C=CCn1c(=O)c2cnc(Nc3ccc(N4CCN(C)CC4)cc3)nc2n1-c1cccc(-c2cnc(F)nc2)n1. The molecule has 0 aliphatic carbocycles. The van der Waals surface area contributed by atoms with Crippen LogP contribution in [0.15, 0.2) is 78.5 Å². The fourth-order valence-electron chi connectivity index (χ4n) is 4.70. The van der Waals surface area contributed by atoms with E-state index in [0.29, 0.717) is 34.1 Å². The molecule has 11 nitrogen and oxygen atoms in total. The van der Waals surface area contributed by atoms with Crippen LogP contribution in [0, 0.1) is 6.08 Å². The second-order valence-corrected chi connectivity index (χ2v) is 9.50. The van der Waals surface area contributed by atoms with Crippen molar-refractivity contribution in [2.24, 2.45) is 0 Å². The number of benzene rings is 1. The fraction of sp³-hybridized carbons (Fsp3) is 0.214. The van der Waals surface area contributed by atoms with Crippen molar-refractivity contribution >= 4 is 28.4 Å². The largest absolute Gasteiger partial charge is 0.369 e. The zero-order valence-corrected chi connectivity index (χ0v) is 21.9. The molecule has 0 saturated carbocycles. The predicted octanol–water partition coefficient (Wildman–Crippen LogP) is 3.25. The van der Waals surface area contributed by atoms with Crippen molar-refractivity contribution in [1.82, 2.24) is 39.2 Å². The van der Waals surface area contributed by atoms with Gasteiger partial charge in [0.25, 0.3) is 5.56 Å². The van der Waals surface area contributed by atoms with Gasteiger partial charge in [-0.3, -0.25) is 4.79 Å². The van der Waals surface area contributed by atoms with Gasteiger partial charge in [0.1, 0.15) is 5.39 Å². The van der Waals surface area contributed by atoms with E-state index in [-0.39, 0.29) is 12.1 Å². The molecule has 0 amide bonds. The van der Waals surface area contributed by atoms with Crippen molar-refractivity contribution in [3.63, 3.8) is 0 Å². The molecule has 12 heteroatoms. The van der Waals surface area contributed by atoms with Gasteiger partial charge in [0.15, 0.2) is 11.5 Å². The van der Waals surface area contributed by atoms with Gasteiger partial charge < -0.3 is 15.1 Å². The van der Waals surface area contributed by atoms with Gasteiger partial charge in [0.05, 0.1) is 12.2 Å². The maximum absolute atomic E-state index is 13.3. The van der Waals surface area contributed by atoms with Crippen LogP contribution in [0.2, 0.25) is 0 Å². The van der Waals surface area contributed by atoms with E-state index in [0.717, 1.165) is 31.9 Å². The molecule has 0 bridgehead atoms. The summed E-state index contributed by atoms with van der Waals surface area (Å²) in [5.41, 5.74) is 3.17. The van der Waals surface area contributed by atoms with E-state index in [1.165, 1.54) is 29.0 Å². The first-order valence-corrected chi connectivity index (χ1v) is 12.9. The number of pyridine rings is 1.